The van der Waals surface area contributed by atoms with Crippen LogP contribution in [0.25, 0.3) is 0 Å². The lowest BCUT2D eigenvalue weighted by atomic mass is 9.94. The molecule has 3 aromatic rings. The summed E-state index contributed by atoms with van der Waals surface area (Å²) in [6, 6.07) is 26.8. The highest BCUT2D eigenvalue weighted by Gasteiger charge is 2.31. The Hall–Kier alpha value is -3.11. The van der Waals surface area contributed by atoms with Crippen LogP contribution >= 0.6 is 11.6 Å². The zero-order valence-electron chi connectivity index (χ0n) is 20.0. The van der Waals surface area contributed by atoms with Crippen molar-refractivity contribution in [1.82, 2.24) is 10.2 Å². The molecule has 2 amide bonds. The molecule has 35 heavy (non-hydrogen) atoms. The molecule has 1 aliphatic rings. The van der Waals surface area contributed by atoms with E-state index in [9.17, 15) is 9.59 Å². The molecule has 1 aliphatic carbocycles. The molecule has 0 aliphatic heterocycles. The van der Waals surface area contributed by atoms with Crippen molar-refractivity contribution < 1.29 is 9.59 Å². The van der Waals surface area contributed by atoms with E-state index in [4.69, 9.17) is 11.6 Å². The van der Waals surface area contributed by atoms with Crippen molar-refractivity contribution in [1.29, 1.82) is 0 Å². The lowest BCUT2D eigenvalue weighted by Crippen LogP contribution is -2.53. The monoisotopic (exact) mass is 488 g/mol. The summed E-state index contributed by atoms with van der Waals surface area (Å²) in [5, 5.41) is 3.92. The molecule has 0 unspecified atom stereocenters. The summed E-state index contributed by atoms with van der Waals surface area (Å²) in [6.07, 6.45) is 6.18. The summed E-state index contributed by atoms with van der Waals surface area (Å²) in [4.78, 5) is 29.2. The molecule has 1 atom stereocenters. The third-order valence-electron chi connectivity index (χ3n) is 6.69. The first-order chi connectivity index (χ1) is 17.1. The maximum Gasteiger partial charge on any atom is 0.243 e. The van der Waals surface area contributed by atoms with Gasteiger partial charge in [0.1, 0.15) is 6.04 Å². The van der Waals surface area contributed by atoms with Gasteiger partial charge in [-0.3, -0.25) is 9.59 Å². The number of nitrogens with zero attached hydrogens (tertiary/aromatic N) is 1. The fraction of sp³-hybridized carbons (Fsp3) is 0.333. The van der Waals surface area contributed by atoms with Crippen LogP contribution in [0.15, 0.2) is 84.9 Å². The number of hydrogen-bond donors (Lipinski definition) is 1. The maximum atomic E-state index is 13.7. The van der Waals surface area contributed by atoms with E-state index in [1.807, 2.05) is 72.8 Å². The van der Waals surface area contributed by atoms with Crippen LogP contribution in [0, 0.1) is 0 Å². The van der Waals surface area contributed by atoms with Crippen molar-refractivity contribution in [2.45, 2.75) is 63.6 Å². The van der Waals surface area contributed by atoms with E-state index >= 15 is 0 Å². The Bertz CT molecular complexity index is 1080. The van der Waals surface area contributed by atoms with E-state index < -0.39 is 6.04 Å². The zero-order valence-corrected chi connectivity index (χ0v) is 20.8. The van der Waals surface area contributed by atoms with Crippen LogP contribution in [0.2, 0.25) is 5.02 Å². The van der Waals surface area contributed by atoms with Gasteiger partial charge >= 0.3 is 0 Å². The van der Waals surface area contributed by atoms with Crippen LogP contribution < -0.4 is 5.32 Å². The van der Waals surface area contributed by atoms with Crippen molar-refractivity contribution in [3.8, 4) is 0 Å². The Morgan fingerprint density at radius 2 is 1.40 bits per heavy atom. The number of halogens is 1. The van der Waals surface area contributed by atoms with Gasteiger partial charge in [-0.1, -0.05) is 104 Å². The SMILES string of the molecule is O=C(NC1CCCCC1)[C@H](Cc1ccccc1)N(Cc1ccccc1)C(=O)Cc1ccc(Cl)cc1. The minimum Gasteiger partial charge on any atom is -0.352 e. The van der Waals surface area contributed by atoms with Crippen molar-refractivity contribution in [3.05, 3.63) is 107 Å². The molecule has 0 radical (unpaired) electrons. The number of carbonyl (C=O) groups is 2. The van der Waals surface area contributed by atoms with E-state index in [-0.39, 0.29) is 24.3 Å². The molecular formula is C30H33ClN2O2. The van der Waals surface area contributed by atoms with Gasteiger partial charge in [-0.2, -0.15) is 0 Å². The van der Waals surface area contributed by atoms with Gasteiger partial charge in [0.2, 0.25) is 11.8 Å². The topological polar surface area (TPSA) is 49.4 Å². The van der Waals surface area contributed by atoms with Crippen molar-refractivity contribution in [3.63, 3.8) is 0 Å². The highest BCUT2D eigenvalue weighted by Crippen LogP contribution is 2.20. The Kier molecular flexibility index (Phi) is 8.96. The second-order valence-electron chi connectivity index (χ2n) is 9.36. The smallest absolute Gasteiger partial charge is 0.243 e. The van der Waals surface area contributed by atoms with Gasteiger partial charge in [0.05, 0.1) is 6.42 Å². The third-order valence-corrected chi connectivity index (χ3v) is 6.94. The van der Waals surface area contributed by atoms with Crippen molar-refractivity contribution in [2.75, 3.05) is 0 Å². The van der Waals surface area contributed by atoms with Crippen molar-refractivity contribution >= 4 is 23.4 Å². The van der Waals surface area contributed by atoms with E-state index in [0.29, 0.717) is 18.0 Å². The summed E-state index contributed by atoms with van der Waals surface area (Å²) in [7, 11) is 0. The molecule has 182 valence electrons. The van der Waals surface area contributed by atoms with E-state index in [2.05, 4.69) is 5.32 Å². The van der Waals surface area contributed by atoms with Crippen molar-refractivity contribution in [2.24, 2.45) is 0 Å². The summed E-state index contributed by atoms with van der Waals surface area (Å²) in [6.45, 7) is 0.378. The van der Waals surface area contributed by atoms with Crippen LogP contribution in [-0.2, 0) is 29.0 Å². The van der Waals surface area contributed by atoms with Gasteiger partial charge in [0.25, 0.3) is 0 Å². The predicted molar refractivity (Wildman–Crippen MR) is 141 cm³/mol. The first kappa shape index (κ1) is 25.0. The molecule has 0 saturated heterocycles. The fourth-order valence-corrected chi connectivity index (χ4v) is 4.88. The van der Waals surface area contributed by atoms with Crippen LogP contribution in [0.5, 0.6) is 0 Å². The fourth-order valence-electron chi connectivity index (χ4n) is 4.76. The first-order valence-corrected chi connectivity index (χ1v) is 12.9. The Morgan fingerprint density at radius 1 is 0.800 bits per heavy atom. The molecule has 0 heterocycles. The molecule has 5 heteroatoms. The molecule has 4 nitrogen and oxygen atoms in total. The van der Waals surface area contributed by atoms with E-state index in [0.717, 1.165) is 42.4 Å². The Balaban J connectivity index is 1.63. The minimum absolute atomic E-state index is 0.0684. The predicted octanol–water partition coefficient (Wildman–Crippen LogP) is 5.97. The molecule has 1 N–H and O–H groups in total. The first-order valence-electron chi connectivity index (χ1n) is 12.5. The molecule has 1 saturated carbocycles. The van der Waals surface area contributed by atoms with E-state index in [1.165, 1.54) is 6.42 Å². The van der Waals surface area contributed by atoms with Crippen LogP contribution in [-0.4, -0.2) is 28.8 Å². The summed E-state index contributed by atoms with van der Waals surface area (Å²) in [5.74, 6) is -0.142. The number of rotatable bonds is 9. The highest BCUT2D eigenvalue weighted by molar-refractivity contribution is 6.30. The third kappa shape index (κ3) is 7.43. The second kappa shape index (κ2) is 12.6. The summed E-state index contributed by atoms with van der Waals surface area (Å²) in [5.41, 5.74) is 2.91. The van der Waals surface area contributed by atoms with E-state index in [1.54, 1.807) is 17.0 Å². The standard InChI is InChI=1S/C30H33ClN2O2/c31-26-18-16-24(17-19-26)21-29(34)33(22-25-12-6-2-7-13-25)28(20-23-10-4-1-5-11-23)30(35)32-27-14-8-3-9-15-27/h1-2,4-7,10-13,16-19,27-28H,3,8-9,14-15,20-22H2,(H,32,35)/t28-/m0/s1. The molecule has 0 aromatic heterocycles. The number of carbonyl (C=O) groups excluding carboxylic acids is 2. The number of nitrogens with one attached hydrogen (secondary N) is 1. The lowest BCUT2D eigenvalue weighted by molar-refractivity contribution is -0.141. The quantitative estimate of drug-likeness (QED) is 0.403. The number of benzene rings is 3. The highest BCUT2D eigenvalue weighted by atomic mass is 35.5. The largest absolute Gasteiger partial charge is 0.352 e. The molecule has 4 rings (SSSR count). The maximum absolute atomic E-state index is 13.7. The molecule has 1 fully saturated rings. The normalized spacial score (nSPS) is 14.8. The second-order valence-corrected chi connectivity index (χ2v) is 9.80. The van der Waals surface area contributed by atoms with Gasteiger partial charge in [-0.15, -0.1) is 0 Å². The summed E-state index contributed by atoms with van der Waals surface area (Å²) < 4.78 is 0. The molecule has 0 spiro atoms. The Morgan fingerprint density at radius 3 is 2.03 bits per heavy atom. The van der Waals surface area contributed by atoms with Gasteiger partial charge in [0, 0.05) is 24.0 Å². The molecule has 3 aromatic carbocycles. The average Bonchev–Trinajstić information content (AvgIpc) is 2.89. The average molecular weight is 489 g/mol. The minimum atomic E-state index is -0.598. The number of hydrogen-bond acceptors (Lipinski definition) is 2. The number of amides is 2. The molecule has 0 bridgehead atoms. The Labute approximate surface area is 213 Å². The molecular weight excluding hydrogens is 456 g/mol. The van der Waals surface area contributed by atoms with Crippen LogP contribution in [0.4, 0.5) is 0 Å². The zero-order chi connectivity index (χ0) is 24.5. The van der Waals surface area contributed by atoms with Crippen LogP contribution in [0.1, 0.15) is 48.8 Å². The van der Waals surface area contributed by atoms with Gasteiger partial charge in [-0.25, -0.2) is 0 Å². The lowest BCUT2D eigenvalue weighted by Gasteiger charge is -2.33. The van der Waals surface area contributed by atoms with Crippen LogP contribution in [0.3, 0.4) is 0 Å². The van der Waals surface area contributed by atoms with Gasteiger partial charge in [0.15, 0.2) is 0 Å². The summed E-state index contributed by atoms with van der Waals surface area (Å²) >= 11 is 6.04. The van der Waals surface area contributed by atoms with Gasteiger partial charge < -0.3 is 10.2 Å². The van der Waals surface area contributed by atoms with Gasteiger partial charge in [-0.05, 0) is 41.7 Å².